The van der Waals surface area contributed by atoms with E-state index >= 15 is 0 Å². The zero-order chi connectivity index (χ0) is 12.7. The second-order valence-electron chi connectivity index (χ2n) is 5.50. The molecule has 3 N–H and O–H groups in total. The van der Waals surface area contributed by atoms with Crippen molar-refractivity contribution in [3.05, 3.63) is 35.1 Å². The molecule has 3 nitrogen and oxygen atoms in total. The Balaban J connectivity index is 1.77. The van der Waals surface area contributed by atoms with Crippen LogP contribution in [0.1, 0.15) is 24.0 Å². The Hall–Kier alpha value is -0.970. The zero-order valence-corrected chi connectivity index (χ0v) is 10.3. The van der Waals surface area contributed by atoms with Gasteiger partial charge in [0.1, 0.15) is 5.82 Å². The molecule has 1 aliphatic carbocycles. The number of nitrogens with two attached hydrogens (primary N) is 1. The molecule has 0 saturated heterocycles. The number of hydrogen-bond donors (Lipinski definition) is 2. The molecule has 3 rings (SSSR count). The monoisotopic (exact) mass is 250 g/mol. The van der Waals surface area contributed by atoms with E-state index in [2.05, 4.69) is 4.90 Å². The maximum Gasteiger partial charge on any atom is 0.123 e. The molecule has 0 aromatic heterocycles. The van der Waals surface area contributed by atoms with Crippen LogP contribution in [0.2, 0.25) is 0 Å². The highest BCUT2D eigenvalue weighted by atomic mass is 19.1. The molecule has 1 saturated carbocycles. The lowest BCUT2D eigenvalue weighted by Crippen LogP contribution is -2.43. The molecule has 0 radical (unpaired) electrons. The molecule has 3 atom stereocenters. The van der Waals surface area contributed by atoms with Gasteiger partial charge in [0.15, 0.2) is 0 Å². The van der Waals surface area contributed by atoms with Crippen LogP contribution < -0.4 is 5.73 Å². The third-order valence-corrected chi connectivity index (χ3v) is 4.21. The van der Waals surface area contributed by atoms with Crippen molar-refractivity contribution < 1.29 is 9.50 Å². The molecule has 2 aliphatic rings. The second-order valence-corrected chi connectivity index (χ2v) is 5.50. The van der Waals surface area contributed by atoms with E-state index in [0.717, 1.165) is 31.5 Å². The minimum atomic E-state index is -0.318. The summed E-state index contributed by atoms with van der Waals surface area (Å²) < 4.78 is 13.1. The number of aliphatic hydroxyl groups is 1. The van der Waals surface area contributed by atoms with Crippen molar-refractivity contribution in [1.82, 2.24) is 4.90 Å². The molecule has 1 aromatic carbocycles. The summed E-state index contributed by atoms with van der Waals surface area (Å²) in [5, 5.41) is 10.0. The lowest BCUT2D eigenvalue weighted by molar-refractivity contribution is 0.0625. The van der Waals surface area contributed by atoms with E-state index in [9.17, 15) is 9.50 Å². The molecule has 1 fully saturated rings. The van der Waals surface area contributed by atoms with Gasteiger partial charge in [-0.25, -0.2) is 4.39 Å². The minimum absolute atomic E-state index is 0.111. The molecule has 98 valence electrons. The summed E-state index contributed by atoms with van der Waals surface area (Å²) in [6, 6.07) is 5.28. The van der Waals surface area contributed by atoms with Gasteiger partial charge in [0.05, 0.1) is 6.10 Å². The molecule has 0 spiro atoms. The van der Waals surface area contributed by atoms with Gasteiger partial charge in [-0.2, -0.15) is 0 Å². The Labute approximate surface area is 106 Å². The van der Waals surface area contributed by atoms with E-state index in [1.165, 1.54) is 11.6 Å². The summed E-state index contributed by atoms with van der Waals surface area (Å²) in [5.74, 6) is -0.162. The summed E-state index contributed by atoms with van der Waals surface area (Å²) in [6.45, 7) is 1.68. The first-order valence-electron chi connectivity index (χ1n) is 6.58. The van der Waals surface area contributed by atoms with Crippen molar-refractivity contribution >= 4 is 0 Å². The van der Waals surface area contributed by atoms with Gasteiger partial charge in [0.2, 0.25) is 0 Å². The Morgan fingerprint density at radius 1 is 1.28 bits per heavy atom. The quantitative estimate of drug-likeness (QED) is 0.783. The SMILES string of the molecule is N[C@@H]1C[C@H](O)[C@@H](N2CCc3cc(F)ccc3C2)C1. The van der Waals surface area contributed by atoms with E-state index in [4.69, 9.17) is 5.73 Å². The maximum absolute atomic E-state index is 13.1. The van der Waals surface area contributed by atoms with Crippen LogP contribution in [0.15, 0.2) is 18.2 Å². The van der Waals surface area contributed by atoms with Gasteiger partial charge in [0, 0.05) is 25.2 Å². The maximum atomic E-state index is 13.1. The van der Waals surface area contributed by atoms with E-state index in [1.807, 2.05) is 6.07 Å². The molecule has 0 unspecified atom stereocenters. The van der Waals surface area contributed by atoms with E-state index in [0.29, 0.717) is 6.42 Å². The highest BCUT2D eigenvalue weighted by Gasteiger charge is 2.36. The van der Waals surface area contributed by atoms with Gasteiger partial charge in [-0.3, -0.25) is 4.90 Å². The first-order chi connectivity index (χ1) is 8.63. The summed E-state index contributed by atoms with van der Waals surface area (Å²) in [7, 11) is 0. The molecule has 0 bridgehead atoms. The number of benzene rings is 1. The van der Waals surface area contributed by atoms with Crippen molar-refractivity contribution in [1.29, 1.82) is 0 Å². The Morgan fingerprint density at radius 2 is 2.11 bits per heavy atom. The highest BCUT2D eigenvalue weighted by molar-refractivity contribution is 5.30. The molecule has 1 aliphatic heterocycles. The number of hydrogen-bond acceptors (Lipinski definition) is 3. The molecule has 18 heavy (non-hydrogen) atoms. The normalized spacial score (nSPS) is 32.5. The lowest BCUT2D eigenvalue weighted by atomic mass is 9.97. The van der Waals surface area contributed by atoms with Gasteiger partial charge < -0.3 is 10.8 Å². The summed E-state index contributed by atoms with van der Waals surface area (Å²) in [4.78, 5) is 2.29. The number of halogens is 1. The van der Waals surface area contributed by atoms with E-state index in [-0.39, 0.29) is 24.0 Å². The third kappa shape index (κ3) is 2.16. The molecule has 0 amide bonds. The number of rotatable bonds is 1. The first kappa shape index (κ1) is 12.1. The molecular formula is C14H19FN2O. The first-order valence-corrected chi connectivity index (χ1v) is 6.58. The van der Waals surface area contributed by atoms with Crippen LogP contribution in [-0.4, -0.2) is 34.7 Å². The topological polar surface area (TPSA) is 49.5 Å². The van der Waals surface area contributed by atoms with Crippen LogP contribution in [0.3, 0.4) is 0 Å². The molecule has 1 heterocycles. The summed E-state index contributed by atoms with van der Waals surface area (Å²) >= 11 is 0. The standard InChI is InChI=1S/C14H19FN2O/c15-11-2-1-10-8-17(4-3-9(10)5-11)13-6-12(16)7-14(13)18/h1-2,5,12-14,18H,3-4,6-8,16H2/t12-,13-,14-/m0/s1. The van der Waals surface area contributed by atoms with Gasteiger partial charge in [-0.15, -0.1) is 0 Å². The van der Waals surface area contributed by atoms with Crippen LogP contribution in [0.25, 0.3) is 0 Å². The van der Waals surface area contributed by atoms with Gasteiger partial charge in [0.25, 0.3) is 0 Å². The third-order valence-electron chi connectivity index (χ3n) is 4.21. The number of aliphatic hydroxyl groups excluding tert-OH is 1. The van der Waals surface area contributed by atoms with E-state index in [1.54, 1.807) is 6.07 Å². The second kappa shape index (κ2) is 4.61. The molecule has 4 heteroatoms. The lowest BCUT2D eigenvalue weighted by Gasteiger charge is -2.35. The predicted molar refractivity (Wildman–Crippen MR) is 67.5 cm³/mol. The van der Waals surface area contributed by atoms with Crippen LogP contribution in [0.5, 0.6) is 0 Å². The minimum Gasteiger partial charge on any atom is -0.391 e. The zero-order valence-electron chi connectivity index (χ0n) is 10.3. The molecular weight excluding hydrogens is 231 g/mol. The van der Waals surface area contributed by atoms with Crippen LogP contribution in [0.4, 0.5) is 4.39 Å². The largest absolute Gasteiger partial charge is 0.391 e. The number of nitrogens with zero attached hydrogens (tertiary/aromatic N) is 1. The molecule has 1 aromatic rings. The highest BCUT2D eigenvalue weighted by Crippen LogP contribution is 2.28. The average Bonchev–Trinajstić information content (AvgIpc) is 2.68. The Morgan fingerprint density at radius 3 is 2.83 bits per heavy atom. The van der Waals surface area contributed by atoms with Crippen molar-refractivity contribution in [2.45, 2.75) is 44.0 Å². The smallest absolute Gasteiger partial charge is 0.123 e. The van der Waals surface area contributed by atoms with Crippen molar-refractivity contribution in [3.8, 4) is 0 Å². The van der Waals surface area contributed by atoms with E-state index < -0.39 is 0 Å². The summed E-state index contributed by atoms with van der Waals surface area (Å²) in [5.41, 5.74) is 8.18. The van der Waals surface area contributed by atoms with Gasteiger partial charge in [-0.1, -0.05) is 6.07 Å². The van der Waals surface area contributed by atoms with Crippen molar-refractivity contribution in [3.63, 3.8) is 0 Å². The van der Waals surface area contributed by atoms with Crippen LogP contribution >= 0.6 is 0 Å². The Bertz CT molecular complexity index is 451. The number of fused-ring (bicyclic) bond motifs is 1. The summed E-state index contributed by atoms with van der Waals surface area (Å²) in [6.07, 6.45) is 2.09. The fourth-order valence-electron chi connectivity index (χ4n) is 3.25. The van der Waals surface area contributed by atoms with Gasteiger partial charge in [-0.05, 0) is 42.5 Å². The van der Waals surface area contributed by atoms with Crippen LogP contribution in [0, 0.1) is 5.82 Å². The fourth-order valence-corrected chi connectivity index (χ4v) is 3.25. The predicted octanol–water partition coefficient (Wildman–Crippen LogP) is 1.03. The van der Waals surface area contributed by atoms with Crippen molar-refractivity contribution in [2.24, 2.45) is 5.73 Å². The average molecular weight is 250 g/mol. The fraction of sp³-hybridized carbons (Fsp3) is 0.571. The van der Waals surface area contributed by atoms with Crippen molar-refractivity contribution in [2.75, 3.05) is 6.54 Å². The van der Waals surface area contributed by atoms with Crippen LogP contribution in [-0.2, 0) is 13.0 Å². The van der Waals surface area contributed by atoms with Gasteiger partial charge >= 0.3 is 0 Å². The Kier molecular flexibility index (Phi) is 3.09.